The number of hydrogen-bond acceptors (Lipinski definition) is 5. The number of nitro benzene ring substituents is 1. The monoisotopic (exact) mass is 505 g/mol. The number of unbranched alkanes of at least 4 members (excludes halogenated alkanes) is 2. The van der Waals surface area contributed by atoms with Gasteiger partial charge in [0.1, 0.15) is 6.23 Å². The maximum atomic E-state index is 13.0. The number of benzene rings is 1. The molecule has 1 aliphatic rings. The van der Waals surface area contributed by atoms with Crippen molar-refractivity contribution in [1.82, 2.24) is 0 Å². The highest BCUT2D eigenvalue weighted by Crippen LogP contribution is 2.47. The molecule has 0 bridgehead atoms. The molecule has 198 valence electrons. The molecule has 0 aromatic heterocycles. The Morgan fingerprint density at radius 2 is 1.74 bits per heavy atom. The number of carbonyl (C=O) groups is 1. The summed E-state index contributed by atoms with van der Waals surface area (Å²) in [7, 11) is -1.34. The molecule has 0 saturated heterocycles. The molecule has 1 heterocycles. The lowest BCUT2D eigenvalue weighted by Crippen LogP contribution is -2.39. The van der Waals surface area contributed by atoms with Crippen LogP contribution in [0.4, 0.5) is 17.1 Å². The molecule has 0 fully saturated rings. The normalized spacial score (nSPS) is 14.9. The van der Waals surface area contributed by atoms with Gasteiger partial charge in [-0.15, -0.1) is 0 Å². The van der Waals surface area contributed by atoms with E-state index in [-0.39, 0.29) is 22.7 Å². The van der Waals surface area contributed by atoms with E-state index in [0.717, 1.165) is 37.1 Å². The van der Waals surface area contributed by atoms with Crippen molar-refractivity contribution in [2.24, 2.45) is 10.8 Å². The van der Waals surface area contributed by atoms with Crippen LogP contribution >= 0.6 is 0 Å². The Morgan fingerprint density at radius 3 is 2.26 bits per heavy atom. The Balaban J connectivity index is 2.45. The molecule has 1 atom stereocenters. The van der Waals surface area contributed by atoms with Crippen LogP contribution in [0.15, 0.2) is 0 Å². The van der Waals surface area contributed by atoms with Crippen LogP contribution < -0.4 is 10.2 Å². The second kappa shape index (κ2) is 11.4. The van der Waals surface area contributed by atoms with E-state index in [0.29, 0.717) is 28.7 Å². The largest absolute Gasteiger partial charge is 0.401 e. The van der Waals surface area contributed by atoms with E-state index in [1.165, 1.54) is 12.8 Å². The van der Waals surface area contributed by atoms with Crippen molar-refractivity contribution in [2.75, 3.05) is 16.8 Å². The van der Waals surface area contributed by atoms with Gasteiger partial charge in [0.25, 0.3) is 5.69 Å². The van der Waals surface area contributed by atoms with E-state index >= 15 is 0 Å². The maximum Gasteiger partial charge on any atom is 0.277 e. The zero-order chi connectivity index (χ0) is 26.7. The fourth-order valence-corrected chi connectivity index (χ4v) is 5.71. The molecule has 1 aliphatic heterocycles. The Morgan fingerprint density at radius 1 is 1.11 bits per heavy atom. The van der Waals surface area contributed by atoms with Crippen LogP contribution in [0.25, 0.3) is 0 Å². The number of rotatable bonds is 10. The first-order valence-electron chi connectivity index (χ1n) is 13.1. The highest BCUT2D eigenvalue weighted by Gasteiger charge is 2.37. The summed E-state index contributed by atoms with van der Waals surface area (Å²) >= 11 is 0. The minimum Gasteiger partial charge on any atom is -0.401 e. The van der Waals surface area contributed by atoms with E-state index < -0.39 is 14.5 Å². The van der Waals surface area contributed by atoms with E-state index in [1.54, 1.807) is 6.92 Å². The van der Waals surface area contributed by atoms with Gasteiger partial charge in [0.2, 0.25) is 5.91 Å². The Kier molecular flexibility index (Phi) is 9.56. The van der Waals surface area contributed by atoms with Crippen molar-refractivity contribution in [3.63, 3.8) is 0 Å². The molecule has 0 saturated carbocycles. The fraction of sp³-hybridized carbons (Fsp3) is 0.741. The first-order chi connectivity index (χ1) is 16.0. The Hall–Kier alpha value is -1.93. The van der Waals surface area contributed by atoms with Crippen molar-refractivity contribution in [1.29, 1.82) is 0 Å². The van der Waals surface area contributed by atoms with Gasteiger partial charge in [-0.25, -0.2) is 0 Å². The van der Waals surface area contributed by atoms with Crippen LogP contribution in [0.1, 0.15) is 90.3 Å². The topological polar surface area (TPSA) is 84.7 Å². The molecular weight excluding hydrogens is 458 g/mol. The summed E-state index contributed by atoms with van der Waals surface area (Å²) in [6.45, 7) is 21.1. The third-order valence-corrected chi connectivity index (χ3v) is 7.57. The van der Waals surface area contributed by atoms with E-state index in [9.17, 15) is 14.9 Å². The standard InChI is InChI=1S/C27H47N3O4Si/c1-18-20-15-17-29(21(34-35(9)10)14-12-11-13-16-26(3,4)5)24(20)22(19(2)23(18)30(32)33)28-25(31)27(6,7)8/h21,35H,11-17H2,1-10H3,(H,28,31). The van der Waals surface area contributed by atoms with Gasteiger partial charge >= 0.3 is 0 Å². The second-order valence-corrected chi connectivity index (χ2v) is 14.9. The summed E-state index contributed by atoms with van der Waals surface area (Å²) in [5.74, 6) is -0.148. The molecule has 0 radical (unpaired) electrons. The van der Waals surface area contributed by atoms with Gasteiger partial charge in [0.05, 0.1) is 21.9 Å². The number of fused-ring (bicyclic) bond motifs is 1. The van der Waals surface area contributed by atoms with Crippen LogP contribution in [0.5, 0.6) is 0 Å². The molecule has 1 amide bonds. The zero-order valence-electron chi connectivity index (χ0n) is 23.6. The van der Waals surface area contributed by atoms with Crippen LogP contribution in [0.2, 0.25) is 13.1 Å². The number of carbonyl (C=O) groups excluding carboxylic acids is 1. The molecule has 0 spiro atoms. The summed E-state index contributed by atoms with van der Waals surface area (Å²) in [4.78, 5) is 26.9. The van der Waals surface area contributed by atoms with Crippen LogP contribution in [0.3, 0.4) is 0 Å². The van der Waals surface area contributed by atoms with Gasteiger partial charge < -0.3 is 14.6 Å². The predicted molar refractivity (Wildman–Crippen MR) is 148 cm³/mol. The zero-order valence-corrected chi connectivity index (χ0v) is 24.8. The van der Waals surface area contributed by atoms with Gasteiger partial charge in [-0.1, -0.05) is 54.4 Å². The third-order valence-electron chi connectivity index (χ3n) is 6.71. The fourth-order valence-electron chi connectivity index (χ4n) is 4.79. The molecule has 0 aliphatic carbocycles. The number of nitrogens with one attached hydrogen (secondary N) is 1. The lowest BCUT2D eigenvalue weighted by atomic mass is 9.89. The van der Waals surface area contributed by atoms with Gasteiger partial charge in [-0.2, -0.15) is 0 Å². The number of anilines is 2. The molecule has 1 N–H and O–H groups in total. The number of hydrogen-bond donors (Lipinski definition) is 1. The van der Waals surface area contributed by atoms with Crippen LogP contribution in [0, 0.1) is 34.8 Å². The first kappa shape index (κ1) is 29.3. The second-order valence-electron chi connectivity index (χ2n) is 12.5. The molecule has 1 unspecified atom stereocenters. The minimum absolute atomic E-state index is 0.0805. The molecule has 1 aromatic carbocycles. The molecule has 35 heavy (non-hydrogen) atoms. The molecule has 8 heteroatoms. The molecule has 1 aromatic rings. The highest BCUT2D eigenvalue weighted by molar-refractivity contribution is 6.48. The lowest BCUT2D eigenvalue weighted by molar-refractivity contribution is -0.386. The molecular formula is C27H47N3O4Si. The summed E-state index contributed by atoms with van der Waals surface area (Å²) < 4.78 is 6.54. The van der Waals surface area contributed by atoms with Crippen molar-refractivity contribution >= 4 is 32.0 Å². The summed E-state index contributed by atoms with van der Waals surface area (Å²) in [6.07, 6.45) is 6.17. The minimum atomic E-state index is -1.34. The van der Waals surface area contributed by atoms with Gasteiger partial charge in [-0.3, -0.25) is 14.9 Å². The first-order valence-corrected chi connectivity index (χ1v) is 15.9. The summed E-state index contributed by atoms with van der Waals surface area (Å²) in [6, 6.07) is 0. The smallest absolute Gasteiger partial charge is 0.277 e. The Labute approximate surface area is 213 Å². The average molecular weight is 506 g/mol. The van der Waals surface area contributed by atoms with E-state index in [2.05, 4.69) is 44.1 Å². The number of nitrogens with zero attached hydrogens (tertiary/aromatic N) is 2. The average Bonchev–Trinajstić information content (AvgIpc) is 3.13. The number of amides is 1. The highest BCUT2D eigenvalue weighted by atomic mass is 28.3. The lowest BCUT2D eigenvalue weighted by Gasteiger charge is -2.34. The van der Waals surface area contributed by atoms with Crippen molar-refractivity contribution in [3.8, 4) is 0 Å². The van der Waals surface area contributed by atoms with Crippen LogP contribution in [-0.2, 0) is 15.6 Å². The van der Waals surface area contributed by atoms with E-state index in [1.807, 2.05) is 27.7 Å². The molecule has 7 nitrogen and oxygen atoms in total. The van der Waals surface area contributed by atoms with E-state index in [4.69, 9.17) is 4.43 Å². The van der Waals surface area contributed by atoms with Gasteiger partial charge in [-0.05, 0) is 63.6 Å². The molecule has 2 rings (SSSR count). The van der Waals surface area contributed by atoms with Gasteiger partial charge in [0, 0.05) is 17.5 Å². The SMILES string of the molecule is Cc1c2c(c(NC(=O)C(C)(C)C)c(C)c1[N+](=O)[O-])N(C(CCCCCC(C)(C)C)O[SiH](C)C)CC2. The van der Waals surface area contributed by atoms with Crippen LogP contribution in [-0.4, -0.2) is 32.6 Å². The quantitative estimate of drug-likeness (QED) is 0.162. The maximum absolute atomic E-state index is 13.0. The predicted octanol–water partition coefficient (Wildman–Crippen LogP) is 6.88. The van der Waals surface area contributed by atoms with Gasteiger partial charge in [0.15, 0.2) is 9.04 Å². The van der Waals surface area contributed by atoms with Crippen molar-refractivity contribution < 1.29 is 14.1 Å². The summed E-state index contributed by atoms with van der Waals surface area (Å²) in [5.41, 5.74) is 3.49. The number of nitro groups is 1. The third kappa shape index (κ3) is 7.53. The van der Waals surface area contributed by atoms with Crippen molar-refractivity contribution in [2.45, 2.75) is 113 Å². The van der Waals surface area contributed by atoms with Crippen molar-refractivity contribution in [3.05, 3.63) is 26.8 Å². The summed E-state index contributed by atoms with van der Waals surface area (Å²) in [5, 5.41) is 15.0. The Bertz CT molecular complexity index is 932.